The molecule has 1 atom stereocenters. The number of aromatic nitrogens is 1. The molecule has 7 nitrogen and oxygen atoms in total. The van der Waals surface area contributed by atoms with Gasteiger partial charge in [-0.25, -0.2) is 0 Å². The number of nitrogens with one attached hydrogen (secondary N) is 1. The number of hydrogen-bond donors (Lipinski definition) is 1. The minimum absolute atomic E-state index is 0.0394. The van der Waals surface area contributed by atoms with E-state index in [4.69, 9.17) is 4.74 Å². The number of ether oxygens (including phenoxy) is 1. The van der Waals surface area contributed by atoms with E-state index in [1.54, 1.807) is 6.20 Å². The van der Waals surface area contributed by atoms with E-state index in [1.807, 2.05) is 12.3 Å². The summed E-state index contributed by atoms with van der Waals surface area (Å²) in [5.74, 6) is 0.630. The molecule has 7 heteroatoms. The van der Waals surface area contributed by atoms with E-state index in [1.165, 1.54) is 5.56 Å². The number of hydrogen-bond acceptors (Lipinski definition) is 5. The Hall–Kier alpha value is -1.99. The fourth-order valence-corrected chi connectivity index (χ4v) is 6.37. The van der Waals surface area contributed by atoms with Crippen LogP contribution < -0.4 is 5.32 Å². The first-order valence-electron chi connectivity index (χ1n) is 11.4. The molecule has 4 aliphatic heterocycles. The van der Waals surface area contributed by atoms with Gasteiger partial charge in [0.05, 0.1) is 5.41 Å². The molecule has 0 aromatic carbocycles. The van der Waals surface area contributed by atoms with Crippen molar-refractivity contribution in [3.05, 3.63) is 30.1 Å². The van der Waals surface area contributed by atoms with Crippen LogP contribution in [0.4, 0.5) is 0 Å². The Labute approximate surface area is 178 Å². The van der Waals surface area contributed by atoms with Crippen molar-refractivity contribution in [3.8, 4) is 0 Å². The van der Waals surface area contributed by atoms with Gasteiger partial charge in [-0.05, 0) is 43.7 Å². The lowest BCUT2D eigenvalue weighted by Crippen LogP contribution is -2.54. The summed E-state index contributed by atoms with van der Waals surface area (Å²) in [6.07, 6.45) is 8.13. The quantitative estimate of drug-likeness (QED) is 0.813. The second-order valence-electron chi connectivity index (χ2n) is 9.59. The van der Waals surface area contributed by atoms with Crippen molar-refractivity contribution in [1.82, 2.24) is 20.1 Å². The van der Waals surface area contributed by atoms with Crippen molar-refractivity contribution in [2.75, 3.05) is 45.9 Å². The summed E-state index contributed by atoms with van der Waals surface area (Å²) >= 11 is 0. The van der Waals surface area contributed by atoms with Crippen molar-refractivity contribution in [2.24, 2.45) is 16.7 Å². The molecule has 0 aliphatic carbocycles. The first kappa shape index (κ1) is 19.9. The first-order valence-corrected chi connectivity index (χ1v) is 11.4. The number of pyridine rings is 1. The van der Waals surface area contributed by atoms with E-state index in [-0.39, 0.29) is 22.7 Å². The molecule has 0 saturated carbocycles. The SMILES string of the molecule is O=C(C1CCOCC1)N1CCC2(CC1)CN(Cc1cccnc1)C[C@@]21CCNC1=O. The number of piperidine rings is 1. The number of fused-ring (bicyclic) bond motifs is 1. The maximum atomic E-state index is 13.1. The van der Waals surface area contributed by atoms with E-state index in [0.717, 1.165) is 71.4 Å². The van der Waals surface area contributed by atoms with Crippen LogP contribution in [0.25, 0.3) is 0 Å². The molecule has 0 bridgehead atoms. The average Bonchev–Trinajstić information content (AvgIpc) is 3.30. The van der Waals surface area contributed by atoms with E-state index in [9.17, 15) is 9.59 Å². The Bertz CT molecular complexity index is 787. The Morgan fingerprint density at radius 2 is 2.00 bits per heavy atom. The smallest absolute Gasteiger partial charge is 0.228 e. The van der Waals surface area contributed by atoms with Gasteiger partial charge in [0.1, 0.15) is 0 Å². The van der Waals surface area contributed by atoms with Crippen LogP contribution in [0, 0.1) is 16.7 Å². The number of carbonyl (C=O) groups excluding carboxylic acids is 2. The molecular formula is C23H32N4O3. The predicted octanol–water partition coefficient (Wildman–Crippen LogP) is 1.44. The zero-order valence-corrected chi connectivity index (χ0v) is 17.6. The Kier molecular flexibility index (Phi) is 5.27. The van der Waals surface area contributed by atoms with Crippen LogP contribution in [0.1, 0.15) is 37.7 Å². The molecule has 2 spiro atoms. The molecule has 0 radical (unpaired) electrons. The van der Waals surface area contributed by atoms with Gasteiger partial charge in [0.15, 0.2) is 0 Å². The summed E-state index contributed by atoms with van der Waals surface area (Å²) in [5, 5.41) is 3.12. The maximum Gasteiger partial charge on any atom is 0.228 e. The Morgan fingerprint density at radius 3 is 2.67 bits per heavy atom. The largest absolute Gasteiger partial charge is 0.381 e. The molecule has 5 rings (SSSR count). The number of amides is 2. The molecule has 4 aliphatic rings. The van der Waals surface area contributed by atoms with Crippen molar-refractivity contribution < 1.29 is 14.3 Å². The summed E-state index contributed by atoms with van der Waals surface area (Å²) in [6, 6.07) is 4.08. The molecule has 162 valence electrons. The number of carbonyl (C=O) groups is 2. The molecule has 4 saturated heterocycles. The third-order valence-electron chi connectivity index (χ3n) is 8.04. The standard InChI is InChI=1S/C23H32N4O3/c28-20(19-3-12-30-13-4-19)27-10-6-22(7-11-27)16-26(15-18-2-1-8-24-14-18)17-23(22)5-9-25-21(23)29/h1-2,8,14,19H,3-7,9-13,15-17H2,(H,25,29)/t23-/m1/s1. The van der Waals surface area contributed by atoms with Gasteiger partial charge in [0, 0.05) is 76.2 Å². The Morgan fingerprint density at radius 1 is 1.20 bits per heavy atom. The monoisotopic (exact) mass is 412 g/mol. The second kappa shape index (κ2) is 7.93. The van der Waals surface area contributed by atoms with Crippen LogP contribution >= 0.6 is 0 Å². The molecule has 2 amide bonds. The molecule has 30 heavy (non-hydrogen) atoms. The van der Waals surface area contributed by atoms with E-state index in [2.05, 4.69) is 26.2 Å². The summed E-state index contributed by atoms with van der Waals surface area (Å²) in [6.45, 7) is 6.26. The number of rotatable bonds is 3. The zero-order chi connectivity index (χ0) is 20.6. The Balaban J connectivity index is 1.31. The first-order chi connectivity index (χ1) is 14.6. The topological polar surface area (TPSA) is 74.8 Å². The highest BCUT2D eigenvalue weighted by molar-refractivity contribution is 5.86. The van der Waals surface area contributed by atoms with Crippen molar-refractivity contribution in [3.63, 3.8) is 0 Å². The molecule has 0 unspecified atom stereocenters. The molecule has 1 aromatic rings. The van der Waals surface area contributed by atoms with Gasteiger partial charge >= 0.3 is 0 Å². The molecular weight excluding hydrogens is 380 g/mol. The average molecular weight is 413 g/mol. The van der Waals surface area contributed by atoms with Crippen LogP contribution in [-0.4, -0.2) is 72.5 Å². The number of likely N-dealkylation sites (tertiary alicyclic amines) is 2. The van der Waals surface area contributed by atoms with Crippen molar-refractivity contribution in [2.45, 2.75) is 38.6 Å². The lowest BCUT2D eigenvalue weighted by atomic mass is 9.60. The molecule has 4 fully saturated rings. The van der Waals surface area contributed by atoms with Gasteiger partial charge in [-0.3, -0.25) is 19.5 Å². The third-order valence-corrected chi connectivity index (χ3v) is 8.04. The summed E-state index contributed by atoms with van der Waals surface area (Å²) in [4.78, 5) is 34.9. The van der Waals surface area contributed by atoms with E-state index in [0.29, 0.717) is 19.1 Å². The van der Waals surface area contributed by atoms with E-state index < -0.39 is 0 Å². The van der Waals surface area contributed by atoms with Crippen LogP contribution in [0.5, 0.6) is 0 Å². The maximum absolute atomic E-state index is 13.1. The van der Waals surface area contributed by atoms with Gasteiger partial charge in [-0.2, -0.15) is 0 Å². The van der Waals surface area contributed by atoms with Gasteiger partial charge in [0.2, 0.25) is 11.8 Å². The summed E-state index contributed by atoms with van der Waals surface area (Å²) in [7, 11) is 0. The summed E-state index contributed by atoms with van der Waals surface area (Å²) < 4.78 is 5.42. The lowest BCUT2D eigenvalue weighted by molar-refractivity contribution is -0.143. The van der Waals surface area contributed by atoms with Gasteiger partial charge < -0.3 is 15.0 Å². The predicted molar refractivity (Wildman–Crippen MR) is 111 cm³/mol. The minimum Gasteiger partial charge on any atom is -0.381 e. The highest BCUT2D eigenvalue weighted by Crippen LogP contribution is 2.56. The van der Waals surface area contributed by atoms with Gasteiger partial charge in [0.25, 0.3) is 0 Å². The highest BCUT2D eigenvalue weighted by Gasteiger charge is 2.63. The van der Waals surface area contributed by atoms with Crippen LogP contribution in [0.15, 0.2) is 24.5 Å². The van der Waals surface area contributed by atoms with E-state index >= 15 is 0 Å². The highest BCUT2D eigenvalue weighted by atomic mass is 16.5. The van der Waals surface area contributed by atoms with Crippen molar-refractivity contribution >= 4 is 11.8 Å². The van der Waals surface area contributed by atoms with Crippen LogP contribution in [0.2, 0.25) is 0 Å². The minimum atomic E-state index is -0.316. The number of nitrogens with zero attached hydrogens (tertiary/aromatic N) is 3. The fraction of sp³-hybridized carbons (Fsp3) is 0.696. The third kappa shape index (κ3) is 3.32. The van der Waals surface area contributed by atoms with Crippen molar-refractivity contribution in [1.29, 1.82) is 0 Å². The summed E-state index contributed by atoms with van der Waals surface area (Å²) in [5.41, 5.74) is 0.834. The normalized spacial score (nSPS) is 29.6. The molecule has 5 heterocycles. The zero-order valence-electron chi connectivity index (χ0n) is 17.6. The van der Waals surface area contributed by atoms with Gasteiger partial charge in [-0.1, -0.05) is 6.07 Å². The fourth-order valence-electron chi connectivity index (χ4n) is 6.37. The van der Waals surface area contributed by atoms with Gasteiger partial charge in [-0.15, -0.1) is 0 Å². The van der Waals surface area contributed by atoms with Crippen LogP contribution in [0.3, 0.4) is 0 Å². The second-order valence-corrected chi connectivity index (χ2v) is 9.59. The van der Waals surface area contributed by atoms with Crippen LogP contribution in [-0.2, 0) is 20.9 Å². The lowest BCUT2D eigenvalue weighted by Gasteiger charge is -2.47. The molecule has 1 N–H and O–H groups in total. The molecule has 1 aromatic heterocycles.